The van der Waals surface area contributed by atoms with Gasteiger partial charge in [0.2, 0.25) is 5.69 Å². The van der Waals surface area contributed by atoms with Crippen molar-refractivity contribution in [3.8, 4) is 28.3 Å². The van der Waals surface area contributed by atoms with Crippen LogP contribution in [0.1, 0.15) is 113 Å². The maximum atomic E-state index is 7.07. The van der Waals surface area contributed by atoms with E-state index in [-0.39, 0.29) is 17.4 Å². The predicted molar refractivity (Wildman–Crippen MR) is 258 cm³/mol. The van der Waals surface area contributed by atoms with Crippen LogP contribution in [-0.2, 0) is 11.8 Å². The lowest BCUT2D eigenvalue weighted by molar-refractivity contribution is -0.716. The van der Waals surface area contributed by atoms with Crippen molar-refractivity contribution in [2.75, 3.05) is 0 Å². The monoisotopic (exact) mass is 819 g/mol. The molecule has 0 amide bonds. The molecule has 308 valence electrons. The Kier molecular flexibility index (Phi) is 9.27. The van der Waals surface area contributed by atoms with Crippen molar-refractivity contribution in [1.82, 2.24) is 4.57 Å². The molecule has 5 heterocycles. The molecule has 0 fully saturated rings. The van der Waals surface area contributed by atoms with Crippen molar-refractivity contribution >= 4 is 51.9 Å². The highest BCUT2D eigenvalue weighted by Crippen LogP contribution is 2.48. The number of pyridine rings is 1. The summed E-state index contributed by atoms with van der Waals surface area (Å²) in [6, 6.07) is 41.4. The molecule has 2 aliphatic heterocycles. The van der Waals surface area contributed by atoms with Crippen molar-refractivity contribution in [2.24, 2.45) is 0 Å². The average molecular weight is 820 g/mol. The fraction of sp³-hybridized carbons (Fsp3) is 0.321. The highest BCUT2D eigenvalue weighted by molar-refractivity contribution is 6.89. The molecule has 5 heteroatoms. The van der Waals surface area contributed by atoms with Gasteiger partial charge in [-0.1, -0.05) is 147 Å². The van der Waals surface area contributed by atoms with E-state index in [0.29, 0.717) is 11.8 Å². The summed E-state index contributed by atoms with van der Waals surface area (Å²) < 4.78 is 14.8. The summed E-state index contributed by atoms with van der Waals surface area (Å²) in [6.45, 7) is 29.1. The number of hydrogen-bond acceptors (Lipinski definition) is 1. The van der Waals surface area contributed by atoms with Crippen molar-refractivity contribution < 1.29 is 13.6 Å². The zero-order valence-electron chi connectivity index (χ0n) is 37.9. The fourth-order valence-electron chi connectivity index (χ4n) is 10.8. The van der Waals surface area contributed by atoms with Crippen LogP contribution in [0, 0.1) is 0 Å². The second kappa shape index (κ2) is 14.3. The van der Waals surface area contributed by atoms with Crippen LogP contribution in [-0.4, -0.2) is 12.6 Å². The molecule has 0 saturated heterocycles. The van der Waals surface area contributed by atoms with E-state index < -0.39 is 8.07 Å². The summed E-state index contributed by atoms with van der Waals surface area (Å²) >= 11 is 0. The molecule has 61 heavy (non-hydrogen) atoms. The lowest BCUT2D eigenvalue weighted by Crippen LogP contribution is -2.54. The van der Waals surface area contributed by atoms with E-state index in [1.165, 1.54) is 44.8 Å². The Hall–Kier alpha value is -5.52. The Morgan fingerprint density at radius 1 is 0.803 bits per heavy atom. The molecule has 5 aromatic carbocycles. The van der Waals surface area contributed by atoms with Gasteiger partial charge in [-0.05, 0) is 82.7 Å². The number of rotatable bonds is 4. The second-order valence-electron chi connectivity index (χ2n) is 20.6. The maximum absolute atomic E-state index is 7.07. The minimum Gasteiger partial charge on any atom is -0.455 e. The highest BCUT2D eigenvalue weighted by Gasteiger charge is 2.45. The molecular formula is C56H61N3OSi+2. The average Bonchev–Trinajstić information content (AvgIpc) is 3.78. The van der Waals surface area contributed by atoms with E-state index in [1.807, 2.05) is 0 Å². The smallest absolute Gasteiger partial charge is 0.304 e. The molecule has 0 spiro atoms. The molecule has 0 bridgehead atoms. The Bertz CT molecular complexity index is 3070. The molecule has 0 aliphatic carbocycles. The Labute approximate surface area is 363 Å². The lowest BCUT2D eigenvalue weighted by Gasteiger charge is -2.34. The first kappa shape index (κ1) is 39.6. The van der Waals surface area contributed by atoms with Gasteiger partial charge < -0.3 is 4.42 Å². The Morgan fingerprint density at radius 2 is 1.54 bits per heavy atom. The van der Waals surface area contributed by atoms with Gasteiger partial charge in [0.15, 0.2) is 28.9 Å². The molecule has 0 saturated carbocycles. The van der Waals surface area contributed by atoms with Crippen LogP contribution in [0.2, 0.25) is 19.6 Å². The molecule has 2 unspecified atom stereocenters. The fourth-order valence-corrected chi connectivity index (χ4v) is 12.6. The number of imidazole rings is 1. The third-order valence-electron chi connectivity index (χ3n) is 13.9. The third kappa shape index (κ3) is 6.29. The van der Waals surface area contributed by atoms with E-state index in [1.54, 1.807) is 5.19 Å². The molecule has 0 N–H and O–H groups in total. The largest absolute Gasteiger partial charge is 0.455 e. The summed E-state index contributed by atoms with van der Waals surface area (Å²) in [5.74, 6) is 2.27. The maximum Gasteiger partial charge on any atom is 0.304 e. The number of benzene rings is 5. The van der Waals surface area contributed by atoms with Crippen LogP contribution in [0.25, 0.3) is 67.0 Å². The molecule has 8 aromatic rings. The minimum atomic E-state index is -1.73. The number of aromatic nitrogens is 3. The van der Waals surface area contributed by atoms with Gasteiger partial charge in [-0.15, -0.1) is 0 Å². The van der Waals surface area contributed by atoms with Gasteiger partial charge in [-0.25, -0.2) is 0 Å². The van der Waals surface area contributed by atoms with E-state index in [9.17, 15) is 0 Å². The van der Waals surface area contributed by atoms with Crippen molar-refractivity contribution in [3.05, 3.63) is 150 Å². The normalized spacial score (nSPS) is 16.8. The number of aryl methyl sites for hydroxylation is 1. The van der Waals surface area contributed by atoms with Crippen LogP contribution >= 0.6 is 0 Å². The number of fused-ring (bicyclic) bond motifs is 15. The minimum absolute atomic E-state index is 0.0957. The number of nitrogens with zero attached hydrogens (tertiary/aromatic N) is 3. The topological polar surface area (TPSA) is 25.8 Å². The van der Waals surface area contributed by atoms with Crippen LogP contribution < -0.4 is 14.3 Å². The van der Waals surface area contributed by atoms with Gasteiger partial charge in [0.25, 0.3) is 0 Å². The first-order valence-electron chi connectivity index (χ1n) is 22.6. The molecule has 2 atom stereocenters. The second-order valence-corrected chi connectivity index (χ2v) is 25.7. The van der Waals surface area contributed by atoms with Crippen molar-refractivity contribution in [1.29, 1.82) is 0 Å². The van der Waals surface area contributed by atoms with Gasteiger partial charge in [-0.3, -0.25) is 0 Å². The third-order valence-corrected chi connectivity index (χ3v) is 15.9. The van der Waals surface area contributed by atoms with Gasteiger partial charge in [0.1, 0.15) is 22.5 Å². The van der Waals surface area contributed by atoms with Gasteiger partial charge in [0.05, 0.1) is 14.5 Å². The molecule has 4 nitrogen and oxygen atoms in total. The SMILES string of the molecule is C=C1CC2C(CCc3ccc4c(oc5ccccc54)c3-c3n1c1ccccc1[n+]3-c1ccccc1C(C)(C)C)c1cc(C(C)C)ccc1-c1cc(C(C)C)c([Si](C)(C)C)c[n+]12. The molecule has 10 rings (SSSR count). The van der Waals surface area contributed by atoms with Crippen molar-refractivity contribution in [3.63, 3.8) is 0 Å². The summed E-state index contributed by atoms with van der Waals surface area (Å²) in [6.07, 6.45) is 5.32. The quantitative estimate of drug-likeness (QED) is 0.128. The van der Waals surface area contributed by atoms with Crippen molar-refractivity contribution in [2.45, 2.75) is 117 Å². The Balaban J connectivity index is 1.32. The van der Waals surface area contributed by atoms with Gasteiger partial charge in [0, 0.05) is 39.1 Å². The number of allylic oxidation sites excluding steroid dienone is 1. The van der Waals surface area contributed by atoms with Gasteiger partial charge >= 0.3 is 5.82 Å². The lowest BCUT2D eigenvalue weighted by atomic mass is 9.76. The van der Waals surface area contributed by atoms with E-state index in [2.05, 4.69) is 197 Å². The number of furan rings is 1. The molecule has 2 aliphatic rings. The van der Waals surface area contributed by atoms with E-state index >= 15 is 0 Å². The first-order valence-corrected chi connectivity index (χ1v) is 26.1. The Morgan fingerprint density at radius 3 is 2.30 bits per heavy atom. The summed E-state index contributed by atoms with van der Waals surface area (Å²) in [4.78, 5) is 0. The van der Waals surface area contributed by atoms with E-state index in [0.717, 1.165) is 69.3 Å². The van der Waals surface area contributed by atoms with Gasteiger partial charge in [-0.2, -0.15) is 13.7 Å². The van der Waals surface area contributed by atoms with Crippen LogP contribution in [0.4, 0.5) is 0 Å². The first-order chi connectivity index (χ1) is 29.1. The zero-order valence-corrected chi connectivity index (χ0v) is 38.9. The van der Waals surface area contributed by atoms with Crippen LogP contribution in [0.15, 0.2) is 126 Å². The van der Waals surface area contributed by atoms with E-state index in [4.69, 9.17) is 11.0 Å². The molecule has 3 aromatic heterocycles. The predicted octanol–water partition coefficient (Wildman–Crippen LogP) is 13.7. The zero-order chi connectivity index (χ0) is 42.7. The highest BCUT2D eigenvalue weighted by atomic mass is 28.3. The number of para-hydroxylation sites is 4. The standard InChI is InChI=1S/C56H61N3OSi/c1-34(2)38-26-28-40-44(31-38)39-27-24-37-25-29-42-41-18-12-17-23-51(41)60-54(42)53(37)55-58(36(5)30-49(39)57-33-52(61(9,10)11)43(35(3)4)32-50(40)57)47-21-15-16-22-48(47)59(55)46-20-14-13-19-45(46)56(6,7)8/h12-23,25-26,28-29,31-35,39,49H,5,24,27,30H2,1-4,6-11H3/q+2. The van der Waals surface area contributed by atoms with Crippen LogP contribution in [0.5, 0.6) is 0 Å². The molecule has 0 radical (unpaired) electrons. The van der Waals surface area contributed by atoms with Crippen LogP contribution in [0.3, 0.4) is 0 Å². The summed E-state index contributed by atoms with van der Waals surface area (Å²) in [5, 5.41) is 3.86. The summed E-state index contributed by atoms with van der Waals surface area (Å²) in [7, 11) is -1.73. The number of hydrogen-bond donors (Lipinski definition) is 0. The molecular weight excluding hydrogens is 759 g/mol. The summed E-state index contributed by atoms with van der Waals surface area (Å²) in [5.41, 5.74) is 17.3.